The lowest BCUT2D eigenvalue weighted by Gasteiger charge is -2.46. The van der Waals surface area contributed by atoms with Gasteiger partial charge in [-0.15, -0.1) is 0 Å². The Kier molecular flexibility index (Phi) is 5.06. The van der Waals surface area contributed by atoms with Crippen LogP contribution in [-0.2, 0) is 16.0 Å². The van der Waals surface area contributed by atoms with Crippen LogP contribution >= 0.6 is 0 Å². The molecule has 2 saturated heterocycles. The van der Waals surface area contributed by atoms with Crippen LogP contribution in [-0.4, -0.2) is 54.4 Å². The number of ether oxygens (including phenoxy) is 2. The maximum absolute atomic E-state index is 13.7. The van der Waals surface area contributed by atoms with Crippen molar-refractivity contribution < 1.29 is 23.8 Å². The zero-order chi connectivity index (χ0) is 17.2. The highest BCUT2D eigenvalue weighted by Gasteiger charge is 2.44. The molecule has 0 bridgehead atoms. The third kappa shape index (κ3) is 3.39. The van der Waals surface area contributed by atoms with Crippen LogP contribution < -0.4 is 4.74 Å². The smallest absolute Gasteiger partial charge is 0.226 e. The van der Waals surface area contributed by atoms with E-state index in [1.54, 1.807) is 11.0 Å². The van der Waals surface area contributed by atoms with Crippen LogP contribution in [0.3, 0.4) is 0 Å². The maximum atomic E-state index is 13.7. The van der Waals surface area contributed by atoms with Gasteiger partial charge in [0.2, 0.25) is 5.91 Å². The summed E-state index contributed by atoms with van der Waals surface area (Å²) in [4.78, 5) is 14.2. The molecule has 2 aliphatic rings. The van der Waals surface area contributed by atoms with Crippen molar-refractivity contribution in [3.05, 3.63) is 29.6 Å². The highest BCUT2D eigenvalue weighted by molar-refractivity contribution is 5.79. The molecule has 5 nitrogen and oxygen atoms in total. The summed E-state index contributed by atoms with van der Waals surface area (Å²) in [6.07, 6.45) is 2.66. The van der Waals surface area contributed by atoms with Crippen LogP contribution in [0.15, 0.2) is 18.2 Å². The van der Waals surface area contributed by atoms with Gasteiger partial charge in [0.05, 0.1) is 25.2 Å². The van der Waals surface area contributed by atoms with Crippen molar-refractivity contribution in [2.45, 2.75) is 43.8 Å². The summed E-state index contributed by atoms with van der Waals surface area (Å²) in [5, 5.41) is 10.2. The first kappa shape index (κ1) is 17.2. The molecule has 2 aliphatic heterocycles. The average Bonchev–Trinajstić information content (AvgIpc) is 2.58. The number of hydrogen-bond acceptors (Lipinski definition) is 4. The number of halogens is 1. The first-order valence-electron chi connectivity index (χ1n) is 8.46. The quantitative estimate of drug-likeness (QED) is 0.915. The van der Waals surface area contributed by atoms with Crippen molar-refractivity contribution in [3.63, 3.8) is 0 Å². The van der Waals surface area contributed by atoms with Gasteiger partial charge in [0.25, 0.3) is 0 Å². The molecule has 0 saturated carbocycles. The molecule has 2 fully saturated rings. The predicted octanol–water partition coefficient (Wildman–Crippen LogP) is 1.91. The molecule has 0 unspecified atom stereocenters. The van der Waals surface area contributed by atoms with E-state index in [9.17, 15) is 14.3 Å². The fourth-order valence-electron chi connectivity index (χ4n) is 3.63. The summed E-state index contributed by atoms with van der Waals surface area (Å²) in [5.41, 5.74) is 0.147. The molecule has 24 heavy (non-hydrogen) atoms. The Bertz CT molecular complexity index is 599. The van der Waals surface area contributed by atoms with E-state index in [0.717, 1.165) is 12.8 Å². The van der Waals surface area contributed by atoms with Crippen LogP contribution in [0.1, 0.15) is 31.2 Å². The first-order chi connectivity index (χ1) is 11.5. The maximum Gasteiger partial charge on any atom is 0.226 e. The lowest BCUT2D eigenvalue weighted by molar-refractivity contribution is -0.179. The van der Waals surface area contributed by atoms with Crippen molar-refractivity contribution >= 4 is 5.91 Å². The van der Waals surface area contributed by atoms with E-state index in [-0.39, 0.29) is 18.1 Å². The van der Waals surface area contributed by atoms with E-state index >= 15 is 0 Å². The zero-order valence-corrected chi connectivity index (χ0v) is 14.0. The van der Waals surface area contributed by atoms with Gasteiger partial charge in [0.15, 0.2) is 11.6 Å². The number of rotatable bonds is 3. The number of likely N-dealkylation sites (tertiary alicyclic amines) is 1. The molecule has 1 aromatic rings. The highest BCUT2D eigenvalue weighted by atomic mass is 19.1. The molecule has 1 amide bonds. The monoisotopic (exact) mass is 337 g/mol. The number of methoxy groups -OCH3 is 1. The summed E-state index contributed by atoms with van der Waals surface area (Å²) in [7, 11) is 1.41. The fraction of sp³-hybridized carbons (Fsp3) is 0.611. The Morgan fingerprint density at radius 2 is 2.21 bits per heavy atom. The minimum Gasteiger partial charge on any atom is -0.494 e. The van der Waals surface area contributed by atoms with E-state index in [1.165, 1.54) is 19.2 Å². The normalized spacial score (nSPS) is 23.3. The predicted molar refractivity (Wildman–Crippen MR) is 86.4 cm³/mol. The van der Waals surface area contributed by atoms with E-state index in [2.05, 4.69) is 0 Å². The third-order valence-electron chi connectivity index (χ3n) is 5.15. The van der Waals surface area contributed by atoms with Crippen molar-refractivity contribution in [3.8, 4) is 5.75 Å². The van der Waals surface area contributed by atoms with Crippen LogP contribution in [0.5, 0.6) is 5.75 Å². The number of benzene rings is 1. The van der Waals surface area contributed by atoms with Gasteiger partial charge in [-0.3, -0.25) is 4.79 Å². The molecular weight excluding hydrogens is 313 g/mol. The number of aliphatic hydroxyl groups is 1. The molecule has 0 radical (unpaired) electrons. The van der Waals surface area contributed by atoms with Crippen LogP contribution in [0.4, 0.5) is 4.39 Å². The van der Waals surface area contributed by atoms with Crippen molar-refractivity contribution in [2.24, 2.45) is 0 Å². The van der Waals surface area contributed by atoms with E-state index in [1.807, 2.05) is 0 Å². The average molecular weight is 337 g/mol. The SMILES string of the molecule is COc1ccc(CC(=O)N2CCC3(CC2)OCCC[C@@H]3O)cc1F. The van der Waals surface area contributed by atoms with Crippen LogP contribution in [0, 0.1) is 5.82 Å². The summed E-state index contributed by atoms with van der Waals surface area (Å²) in [5.74, 6) is -0.312. The molecule has 0 aromatic heterocycles. The van der Waals surface area contributed by atoms with Crippen molar-refractivity contribution in [1.82, 2.24) is 4.90 Å². The van der Waals surface area contributed by atoms with Gasteiger partial charge >= 0.3 is 0 Å². The zero-order valence-electron chi connectivity index (χ0n) is 14.0. The summed E-state index contributed by atoms with van der Waals surface area (Å²) < 4.78 is 24.5. The number of carbonyl (C=O) groups excluding carboxylic acids is 1. The number of piperidine rings is 1. The lowest BCUT2D eigenvalue weighted by atomic mass is 9.82. The number of hydrogen-bond donors (Lipinski definition) is 1. The molecular formula is C18H24FNO4. The molecule has 3 rings (SSSR count). The Hall–Kier alpha value is -1.66. The van der Waals surface area contributed by atoms with Gasteiger partial charge in [0.1, 0.15) is 0 Å². The van der Waals surface area contributed by atoms with Crippen LogP contribution in [0.25, 0.3) is 0 Å². The number of nitrogens with zero attached hydrogens (tertiary/aromatic N) is 1. The second-order valence-electron chi connectivity index (χ2n) is 6.60. The molecule has 1 atom stereocenters. The van der Waals surface area contributed by atoms with Gasteiger partial charge in [-0.05, 0) is 43.4 Å². The second kappa shape index (κ2) is 7.07. The van der Waals surface area contributed by atoms with Gasteiger partial charge in [0, 0.05) is 19.7 Å². The molecule has 1 N–H and O–H groups in total. The van der Waals surface area contributed by atoms with Crippen molar-refractivity contribution in [2.75, 3.05) is 26.8 Å². The first-order valence-corrected chi connectivity index (χ1v) is 8.46. The van der Waals surface area contributed by atoms with E-state index in [4.69, 9.17) is 9.47 Å². The van der Waals surface area contributed by atoms with Gasteiger partial charge in [-0.1, -0.05) is 6.07 Å². The van der Waals surface area contributed by atoms with Crippen molar-refractivity contribution in [1.29, 1.82) is 0 Å². The highest BCUT2D eigenvalue weighted by Crippen LogP contribution is 2.35. The molecule has 132 valence electrons. The standard InChI is InChI=1S/C18H24FNO4/c1-23-15-5-4-13(11-14(15)19)12-17(22)20-8-6-18(7-9-20)16(21)3-2-10-24-18/h4-5,11,16,21H,2-3,6-10,12H2,1H3/t16-/m0/s1. The lowest BCUT2D eigenvalue weighted by Crippen LogP contribution is -2.56. The Labute approximate surface area is 141 Å². The Morgan fingerprint density at radius 1 is 1.46 bits per heavy atom. The van der Waals surface area contributed by atoms with Gasteiger partial charge in [-0.25, -0.2) is 4.39 Å². The third-order valence-corrected chi connectivity index (χ3v) is 5.15. The summed E-state index contributed by atoms with van der Waals surface area (Å²) in [6.45, 7) is 1.80. The second-order valence-corrected chi connectivity index (χ2v) is 6.60. The topological polar surface area (TPSA) is 59.0 Å². The minimum atomic E-state index is -0.485. The summed E-state index contributed by atoms with van der Waals surface area (Å²) >= 11 is 0. The molecule has 0 aliphatic carbocycles. The van der Waals surface area contributed by atoms with Gasteiger partial charge < -0.3 is 19.5 Å². The number of carbonyl (C=O) groups is 1. The molecule has 1 spiro atoms. The Morgan fingerprint density at radius 3 is 2.83 bits per heavy atom. The molecule has 2 heterocycles. The number of aliphatic hydroxyl groups excluding tert-OH is 1. The largest absolute Gasteiger partial charge is 0.494 e. The number of amides is 1. The Balaban J connectivity index is 1.58. The summed E-state index contributed by atoms with van der Waals surface area (Å²) in [6, 6.07) is 4.59. The van der Waals surface area contributed by atoms with Gasteiger partial charge in [-0.2, -0.15) is 0 Å². The van der Waals surface area contributed by atoms with Crippen LogP contribution in [0.2, 0.25) is 0 Å². The van der Waals surface area contributed by atoms with E-state index < -0.39 is 17.5 Å². The molecule has 6 heteroatoms. The fourth-order valence-corrected chi connectivity index (χ4v) is 3.63. The molecule has 1 aromatic carbocycles. The van der Waals surface area contributed by atoms with E-state index in [0.29, 0.717) is 38.1 Å². The minimum absolute atomic E-state index is 0.0280.